The minimum Gasteiger partial charge on any atom is -0.478 e. The monoisotopic (exact) mass is 308 g/mol. The van der Waals surface area contributed by atoms with Crippen LogP contribution in [0.15, 0.2) is 24.3 Å². The lowest BCUT2D eigenvalue weighted by molar-refractivity contribution is -0.140. The standard InChI is InChI=1S/C17H25FN2O2/c1-3-15(22-16-9-5-4-8-14(16)18)17(21)20-10-6-7-13(11-20)12(2)19/h4-5,8-9,12-13,15H,3,6-7,10-11,19H2,1-2H3/t12-,13-,15-/m0/s1. The number of amides is 1. The Labute approximate surface area is 131 Å². The summed E-state index contributed by atoms with van der Waals surface area (Å²) in [5.74, 6) is -0.0657. The molecule has 2 N–H and O–H groups in total. The maximum Gasteiger partial charge on any atom is 0.263 e. The van der Waals surface area contributed by atoms with E-state index in [1.807, 2.05) is 18.7 Å². The van der Waals surface area contributed by atoms with Crippen molar-refractivity contribution in [3.63, 3.8) is 0 Å². The van der Waals surface area contributed by atoms with E-state index in [1.165, 1.54) is 6.07 Å². The van der Waals surface area contributed by atoms with Crippen LogP contribution in [0.5, 0.6) is 5.75 Å². The minimum atomic E-state index is -0.649. The van der Waals surface area contributed by atoms with E-state index in [4.69, 9.17) is 10.5 Å². The molecule has 1 fully saturated rings. The predicted octanol–water partition coefficient (Wildman–Crippen LogP) is 2.57. The lowest BCUT2D eigenvalue weighted by Gasteiger charge is -2.36. The molecule has 22 heavy (non-hydrogen) atoms. The van der Waals surface area contributed by atoms with Gasteiger partial charge in [0, 0.05) is 19.1 Å². The fraction of sp³-hybridized carbons (Fsp3) is 0.588. The number of nitrogens with two attached hydrogens (primary N) is 1. The van der Waals surface area contributed by atoms with Crippen LogP contribution in [-0.4, -0.2) is 36.0 Å². The highest BCUT2D eigenvalue weighted by molar-refractivity contribution is 5.81. The van der Waals surface area contributed by atoms with Gasteiger partial charge in [-0.25, -0.2) is 4.39 Å². The number of likely N-dealkylation sites (tertiary alicyclic amines) is 1. The molecule has 0 unspecified atom stereocenters. The molecule has 1 aromatic rings. The molecule has 0 aromatic heterocycles. The summed E-state index contributed by atoms with van der Waals surface area (Å²) in [4.78, 5) is 14.5. The van der Waals surface area contributed by atoms with Gasteiger partial charge in [0.25, 0.3) is 5.91 Å². The van der Waals surface area contributed by atoms with Crippen LogP contribution in [-0.2, 0) is 4.79 Å². The van der Waals surface area contributed by atoms with Gasteiger partial charge in [-0.3, -0.25) is 4.79 Å². The first-order valence-electron chi connectivity index (χ1n) is 7.98. The summed E-state index contributed by atoms with van der Waals surface area (Å²) in [6, 6.07) is 6.25. The Balaban J connectivity index is 2.04. The Kier molecular flexibility index (Phi) is 5.77. The number of piperidine rings is 1. The maximum absolute atomic E-state index is 13.7. The van der Waals surface area contributed by atoms with E-state index in [-0.39, 0.29) is 17.7 Å². The van der Waals surface area contributed by atoms with Crippen LogP contribution in [0.2, 0.25) is 0 Å². The van der Waals surface area contributed by atoms with Crippen LogP contribution in [0.3, 0.4) is 0 Å². The third kappa shape index (κ3) is 3.97. The van der Waals surface area contributed by atoms with Gasteiger partial charge in [-0.15, -0.1) is 0 Å². The van der Waals surface area contributed by atoms with Crippen molar-refractivity contribution in [2.75, 3.05) is 13.1 Å². The maximum atomic E-state index is 13.7. The van der Waals surface area contributed by atoms with Crippen molar-refractivity contribution in [2.45, 2.75) is 45.3 Å². The van der Waals surface area contributed by atoms with Crippen molar-refractivity contribution >= 4 is 5.91 Å². The summed E-state index contributed by atoms with van der Waals surface area (Å²) in [6.45, 7) is 5.23. The Morgan fingerprint density at radius 2 is 2.23 bits per heavy atom. The molecule has 0 spiro atoms. The number of hydrogen-bond donors (Lipinski definition) is 1. The zero-order valence-corrected chi connectivity index (χ0v) is 13.3. The van der Waals surface area contributed by atoms with Gasteiger partial charge in [0.1, 0.15) is 0 Å². The lowest BCUT2D eigenvalue weighted by Crippen LogP contribution is -2.49. The average Bonchev–Trinajstić information content (AvgIpc) is 2.53. The number of rotatable bonds is 5. The molecule has 122 valence electrons. The molecule has 1 saturated heterocycles. The Morgan fingerprint density at radius 1 is 1.50 bits per heavy atom. The highest BCUT2D eigenvalue weighted by Gasteiger charge is 2.30. The molecule has 1 aliphatic heterocycles. The lowest BCUT2D eigenvalue weighted by atomic mass is 9.92. The number of hydrogen-bond acceptors (Lipinski definition) is 3. The van der Waals surface area contributed by atoms with E-state index >= 15 is 0 Å². The molecule has 0 radical (unpaired) electrons. The molecule has 0 saturated carbocycles. The number of benzene rings is 1. The van der Waals surface area contributed by atoms with Crippen molar-refractivity contribution in [1.82, 2.24) is 4.90 Å². The first-order chi connectivity index (χ1) is 10.5. The van der Waals surface area contributed by atoms with E-state index in [2.05, 4.69) is 0 Å². The SMILES string of the molecule is CC[C@H](Oc1ccccc1F)C(=O)N1CCC[C@H]([C@H](C)N)C1. The topological polar surface area (TPSA) is 55.6 Å². The molecule has 0 bridgehead atoms. The van der Waals surface area contributed by atoms with Crippen LogP contribution in [0, 0.1) is 11.7 Å². The van der Waals surface area contributed by atoms with E-state index in [0.29, 0.717) is 18.9 Å². The third-order valence-corrected chi connectivity index (χ3v) is 4.27. The Hall–Kier alpha value is -1.62. The van der Waals surface area contributed by atoms with Gasteiger partial charge >= 0.3 is 0 Å². The molecule has 2 rings (SSSR count). The molecule has 1 heterocycles. The molecule has 1 aliphatic rings. The highest BCUT2D eigenvalue weighted by Crippen LogP contribution is 2.22. The second-order valence-corrected chi connectivity index (χ2v) is 5.99. The molecule has 1 amide bonds. The van der Waals surface area contributed by atoms with E-state index in [9.17, 15) is 9.18 Å². The van der Waals surface area contributed by atoms with Crippen molar-refractivity contribution < 1.29 is 13.9 Å². The highest BCUT2D eigenvalue weighted by atomic mass is 19.1. The summed E-state index contributed by atoms with van der Waals surface area (Å²) in [6.07, 6.45) is 1.86. The zero-order valence-electron chi connectivity index (χ0n) is 13.3. The van der Waals surface area contributed by atoms with Crippen molar-refractivity contribution in [1.29, 1.82) is 0 Å². The smallest absolute Gasteiger partial charge is 0.263 e. The molecule has 5 heteroatoms. The molecule has 1 aromatic carbocycles. The van der Waals surface area contributed by atoms with Crippen LogP contribution in [0.1, 0.15) is 33.1 Å². The van der Waals surface area contributed by atoms with Gasteiger partial charge in [-0.2, -0.15) is 0 Å². The normalized spacial score (nSPS) is 21.3. The van der Waals surface area contributed by atoms with Gasteiger partial charge in [0.2, 0.25) is 0 Å². The summed E-state index contributed by atoms with van der Waals surface area (Å²) >= 11 is 0. The van der Waals surface area contributed by atoms with Gasteiger partial charge in [0.05, 0.1) is 0 Å². The van der Waals surface area contributed by atoms with Gasteiger partial charge < -0.3 is 15.4 Å². The van der Waals surface area contributed by atoms with E-state index in [0.717, 1.165) is 19.4 Å². The molecular weight excluding hydrogens is 283 g/mol. The van der Waals surface area contributed by atoms with Crippen LogP contribution < -0.4 is 10.5 Å². The number of carbonyl (C=O) groups excluding carboxylic acids is 1. The van der Waals surface area contributed by atoms with Crippen LogP contribution in [0.4, 0.5) is 4.39 Å². The molecule has 4 nitrogen and oxygen atoms in total. The molecule has 3 atom stereocenters. The second-order valence-electron chi connectivity index (χ2n) is 5.99. The van der Waals surface area contributed by atoms with Crippen LogP contribution in [0.25, 0.3) is 0 Å². The Morgan fingerprint density at radius 3 is 2.86 bits per heavy atom. The molecular formula is C17H25FN2O2. The van der Waals surface area contributed by atoms with E-state index in [1.54, 1.807) is 18.2 Å². The van der Waals surface area contributed by atoms with Crippen LogP contribution >= 0.6 is 0 Å². The fourth-order valence-electron chi connectivity index (χ4n) is 2.84. The number of para-hydroxylation sites is 1. The summed E-state index contributed by atoms with van der Waals surface area (Å²) in [5.41, 5.74) is 5.96. The summed E-state index contributed by atoms with van der Waals surface area (Å²) < 4.78 is 19.3. The van der Waals surface area contributed by atoms with Crippen molar-refractivity contribution in [3.8, 4) is 5.75 Å². The predicted molar refractivity (Wildman–Crippen MR) is 84.1 cm³/mol. The van der Waals surface area contributed by atoms with Gasteiger partial charge in [0.15, 0.2) is 17.7 Å². The summed E-state index contributed by atoms with van der Waals surface area (Å²) in [7, 11) is 0. The average molecular weight is 308 g/mol. The number of halogens is 1. The van der Waals surface area contributed by atoms with Gasteiger partial charge in [-0.1, -0.05) is 19.1 Å². The zero-order chi connectivity index (χ0) is 16.1. The molecule has 0 aliphatic carbocycles. The first-order valence-corrected chi connectivity index (χ1v) is 7.98. The van der Waals surface area contributed by atoms with Crippen molar-refractivity contribution in [3.05, 3.63) is 30.1 Å². The van der Waals surface area contributed by atoms with Gasteiger partial charge in [-0.05, 0) is 44.2 Å². The van der Waals surface area contributed by atoms with Crippen molar-refractivity contribution in [2.24, 2.45) is 11.7 Å². The largest absolute Gasteiger partial charge is 0.478 e. The fourth-order valence-corrected chi connectivity index (χ4v) is 2.84. The quantitative estimate of drug-likeness (QED) is 0.909. The third-order valence-electron chi connectivity index (χ3n) is 4.27. The summed E-state index contributed by atoms with van der Waals surface area (Å²) in [5, 5.41) is 0. The number of ether oxygens (including phenoxy) is 1. The minimum absolute atomic E-state index is 0.0724. The second kappa shape index (κ2) is 7.58. The van der Waals surface area contributed by atoms with E-state index < -0.39 is 11.9 Å². The number of carbonyl (C=O) groups is 1. The first kappa shape index (κ1) is 16.7. The number of nitrogens with zero attached hydrogens (tertiary/aromatic N) is 1. The Bertz CT molecular complexity index is 507.